The van der Waals surface area contributed by atoms with E-state index in [4.69, 9.17) is 11.6 Å². The van der Waals surface area contributed by atoms with Gasteiger partial charge in [-0.15, -0.1) is 11.3 Å². The number of hydrogen-bond acceptors (Lipinski definition) is 3. The Hall–Kier alpha value is -1.65. The number of nitrogens with zero attached hydrogens (tertiary/aromatic N) is 1. The second kappa shape index (κ2) is 3.98. The summed E-state index contributed by atoms with van der Waals surface area (Å²) in [6.07, 6.45) is 0. The summed E-state index contributed by atoms with van der Waals surface area (Å²) in [5.74, 6) is 0. The van der Waals surface area contributed by atoms with Crippen molar-refractivity contribution in [2.75, 3.05) is 0 Å². The predicted octanol–water partition coefficient (Wildman–Crippen LogP) is 3.31. The third kappa shape index (κ3) is 1.85. The van der Waals surface area contributed by atoms with E-state index in [0.717, 1.165) is 10.4 Å². The molecule has 0 aliphatic heterocycles. The lowest BCUT2D eigenvalue weighted by atomic mass is 10.1. The van der Waals surface area contributed by atoms with Gasteiger partial charge in [-0.2, -0.15) is 0 Å². The standard InChI is InChI=1S/C12H7ClN2OS/c13-12-14-9-4-3-7(10-2-1-5-17-10)6-8(9)11(16)15-12/h1-6H,(H,14,15,16). The Morgan fingerprint density at radius 2 is 2.18 bits per heavy atom. The number of aromatic amines is 1. The molecule has 0 saturated heterocycles. The number of nitrogens with one attached hydrogen (secondary N) is 1. The second-order valence-corrected chi connectivity index (χ2v) is 4.87. The first kappa shape index (κ1) is 10.5. The van der Waals surface area contributed by atoms with Gasteiger partial charge in [0.15, 0.2) is 0 Å². The molecule has 17 heavy (non-hydrogen) atoms. The number of fused-ring (bicyclic) bond motifs is 1. The van der Waals surface area contributed by atoms with Crippen LogP contribution in [0.25, 0.3) is 21.3 Å². The molecule has 0 amide bonds. The van der Waals surface area contributed by atoms with E-state index < -0.39 is 0 Å². The van der Waals surface area contributed by atoms with Gasteiger partial charge in [-0.05, 0) is 40.7 Å². The Labute approximate surface area is 106 Å². The lowest BCUT2D eigenvalue weighted by molar-refractivity contribution is 1.17. The highest BCUT2D eigenvalue weighted by molar-refractivity contribution is 7.13. The number of halogens is 1. The van der Waals surface area contributed by atoms with Gasteiger partial charge in [0.05, 0.1) is 10.9 Å². The highest BCUT2D eigenvalue weighted by Crippen LogP contribution is 2.26. The molecule has 2 aromatic heterocycles. The zero-order valence-corrected chi connectivity index (χ0v) is 10.2. The van der Waals surface area contributed by atoms with Crippen molar-refractivity contribution in [2.24, 2.45) is 0 Å². The molecule has 3 rings (SSSR count). The van der Waals surface area contributed by atoms with E-state index in [1.807, 2.05) is 35.7 Å². The van der Waals surface area contributed by atoms with Crippen LogP contribution in [0.5, 0.6) is 0 Å². The van der Waals surface area contributed by atoms with E-state index in [1.54, 1.807) is 11.3 Å². The van der Waals surface area contributed by atoms with Crippen LogP contribution in [0.1, 0.15) is 0 Å². The van der Waals surface area contributed by atoms with Crippen molar-refractivity contribution in [1.29, 1.82) is 0 Å². The fourth-order valence-electron chi connectivity index (χ4n) is 1.71. The van der Waals surface area contributed by atoms with Gasteiger partial charge in [-0.3, -0.25) is 9.78 Å². The number of H-pyrrole nitrogens is 1. The topological polar surface area (TPSA) is 45.8 Å². The van der Waals surface area contributed by atoms with Crippen molar-refractivity contribution in [3.05, 3.63) is 51.3 Å². The summed E-state index contributed by atoms with van der Waals surface area (Å²) >= 11 is 7.33. The third-order valence-corrected chi connectivity index (χ3v) is 3.58. The normalized spacial score (nSPS) is 10.9. The fraction of sp³-hybridized carbons (Fsp3) is 0. The molecule has 0 radical (unpaired) electrons. The van der Waals surface area contributed by atoms with Gasteiger partial charge in [0.2, 0.25) is 5.28 Å². The number of aromatic nitrogens is 2. The first-order chi connectivity index (χ1) is 8.24. The molecule has 0 aliphatic rings. The maximum Gasteiger partial charge on any atom is 0.259 e. The Kier molecular flexibility index (Phi) is 2.46. The summed E-state index contributed by atoms with van der Waals surface area (Å²) in [7, 11) is 0. The zero-order valence-electron chi connectivity index (χ0n) is 8.61. The van der Waals surface area contributed by atoms with Crippen molar-refractivity contribution >= 4 is 33.8 Å². The summed E-state index contributed by atoms with van der Waals surface area (Å²) in [6, 6.07) is 9.59. The number of rotatable bonds is 1. The third-order valence-electron chi connectivity index (χ3n) is 2.48. The minimum absolute atomic E-state index is 0.117. The van der Waals surface area contributed by atoms with Crippen molar-refractivity contribution in [3.63, 3.8) is 0 Å². The number of hydrogen-bond donors (Lipinski definition) is 1. The van der Waals surface area contributed by atoms with E-state index >= 15 is 0 Å². The molecule has 1 N–H and O–H groups in total. The highest BCUT2D eigenvalue weighted by atomic mass is 35.5. The summed E-state index contributed by atoms with van der Waals surface area (Å²) in [6.45, 7) is 0. The molecule has 3 aromatic rings. The Morgan fingerprint density at radius 3 is 2.94 bits per heavy atom. The van der Waals surface area contributed by atoms with Crippen molar-refractivity contribution in [1.82, 2.24) is 9.97 Å². The van der Waals surface area contributed by atoms with Crippen LogP contribution >= 0.6 is 22.9 Å². The van der Waals surface area contributed by atoms with Crippen LogP contribution in [0.4, 0.5) is 0 Å². The van der Waals surface area contributed by atoms with Crippen molar-refractivity contribution in [3.8, 4) is 10.4 Å². The second-order valence-electron chi connectivity index (χ2n) is 3.57. The SMILES string of the molecule is O=c1[nH]c(Cl)nc2ccc(-c3cccs3)cc12. The first-order valence-corrected chi connectivity index (χ1v) is 6.23. The first-order valence-electron chi connectivity index (χ1n) is 4.97. The summed E-state index contributed by atoms with van der Waals surface area (Å²) in [5, 5.41) is 2.68. The van der Waals surface area contributed by atoms with E-state index in [2.05, 4.69) is 9.97 Å². The fourth-order valence-corrected chi connectivity index (χ4v) is 2.61. The molecule has 0 unspecified atom stereocenters. The molecule has 0 fully saturated rings. The smallest absolute Gasteiger partial charge is 0.259 e. The number of benzene rings is 1. The van der Waals surface area contributed by atoms with E-state index in [0.29, 0.717) is 10.9 Å². The van der Waals surface area contributed by atoms with Crippen LogP contribution < -0.4 is 5.56 Å². The summed E-state index contributed by atoms with van der Waals surface area (Å²) < 4.78 is 0. The molecule has 84 valence electrons. The zero-order chi connectivity index (χ0) is 11.8. The number of thiophene rings is 1. The molecule has 0 atom stereocenters. The molecule has 0 aliphatic carbocycles. The van der Waals surface area contributed by atoms with Gasteiger partial charge >= 0.3 is 0 Å². The molecule has 0 bridgehead atoms. The predicted molar refractivity (Wildman–Crippen MR) is 70.7 cm³/mol. The minimum Gasteiger partial charge on any atom is -0.297 e. The quantitative estimate of drug-likeness (QED) is 0.684. The van der Waals surface area contributed by atoms with Crippen LogP contribution in [0.15, 0.2) is 40.5 Å². The Bertz CT molecular complexity index is 734. The maximum absolute atomic E-state index is 11.7. The van der Waals surface area contributed by atoms with Gasteiger partial charge in [0.25, 0.3) is 5.56 Å². The van der Waals surface area contributed by atoms with Crippen LogP contribution in [0.2, 0.25) is 5.28 Å². The highest BCUT2D eigenvalue weighted by Gasteiger charge is 2.05. The largest absolute Gasteiger partial charge is 0.297 e. The summed E-state index contributed by atoms with van der Waals surface area (Å²) in [5.41, 5.74) is 1.42. The van der Waals surface area contributed by atoms with Gasteiger partial charge in [-0.1, -0.05) is 12.1 Å². The molecule has 0 saturated carbocycles. The lowest BCUT2D eigenvalue weighted by Crippen LogP contribution is -2.07. The van der Waals surface area contributed by atoms with Gasteiger partial charge in [-0.25, -0.2) is 4.98 Å². The van der Waals surface area contributed by atoms with Gasteiger partial charge in [0.1, 0.15) is 0 Å². The van der Waals surface area contributed by atoms with Crippen LogP contribution in [-0.2, 0) is 0 Å². The van der Waals surface area contributed by atoms with Crippen molar-refractivity contribution < 1.29 is 0 Å². The van der Waals surface area contributed by atoms with Crippen LogP contribution in [0, 0.1) is 0 Å². The molecule has 2 heterocycles. The van der Waals surface area contributed by atoms with E-state index in [9.17, 15) is 4.79 Å². The molecule has 3 nitrogen and oxygen atoms in total. The van der Waals surface area contributed by atoms with E-state index in [1.165, 1.54) is 0 Å². The van der Waals surface area contributed by atoms with Crippen LogP contribution in [0.3, 0.4) is 0 Å². The van der Waals surface area contributed by atoms with E-state index in [-0.39, 0.29) is 10.8 Å². The Balaban J connectivity index is 2.30. The van der Waals surface area contributed by atoms with Gasteiger partial charge < -0.3 is 0 Å². The molecule has 0 spiro atoms. The monoisotopic (exact) mass is 262 g/mol. The molecule has 5 heteroatoms. The Morgan fingerprint density at radius 1 is 1.29 bits per heavy atom. The lowest BCUT2D eigenvalue weighted by Gasteiger charge is -2.00. The summed E-state index contributed by atoms with van der Waals surface area (Å²) in [4.78, 5) is 19.4. The average molecular weight is 263 g/mol. The molecule has 1 aromatic carbocycles. The maximum atomic E-state index is 11.7. The molecular formula is C12H7ClN2OS. The van der Waals surface area contributed by atoms with Gasteiger partial charge in [0, 0.05) is 4.88 Å². The average Bonchev–Trinajstić information content (AvgIpc) is 2.82. The van der Waals surface area contributed by atoms with Crippen LogP contribution in [-0.4, -0.2) is 9.97 Å². The minimum atomic E-state index is -0.210. The van der Waals surface area contributed by atoms with Crippen molar-refractivity contribution in [2.45, 2.75) is 0 Å². The molecular weight excluding hydrogens is 256 g/mol.